The quantitative estimate of drug-likeness (QED) is 0.682. The minimum absolute atomic E-state index is 0.0569. The molecule has 180 valence electrons. The summed E-state index contributed by atoms with van der Waals surface area (Å²) in [5, 5.41) is 3.57. The molecule has 8 heteroatoms. The minimum atomic E-state index is -3.49. The van der Waals surface area contributed by atoms with E-state index >= 15 is 0 Å². The lowest BCUT2D eigenvalue weighted by Crippen LogP contribution is -2.62. The molecule has 2 atom stereocenters. The van der Waals surface area contributed by atoms with Gasteiger partial charge in [0, 0.05) is 31.0 Å². The zero-order valence-corrected chi connectivity index (χ0v) is 20.2. The predicted octanol–water partition coefficient (Wildman–Crippen LogP) is 4.37. The third-order valence-corrected chi connectivity index (χ3v) is 8.64. The molecule has 3 aliphatic rings. The molecular formula is C26H29FN2O4S. The lowest BCUT2D eigenvalue weighted by molar-refractivity contribution is -0.138. The van der Waals surface area contributed by atoms with Crippen LogP contribution in [-0.2, 0) is 14.6 Å². The van der Waals surface area contributed by atoms with Crippen LogP contribution in [0.2, 0.25) is 0 Å². The van der Waals surface area contributed by atoms with Crippen molar-refractivity contribution in [3.05, 3.63) is 60.0 Å². The summed E-state index contributed by atoms with van der Waals surface area (Å²) >= 11 is 0. The van der Waals surface area contributed by atoms with Crippen LogP contribution in [0.5, 0.6) is 11.5 Å². The van der Waals surface area contributed by atoms with Crippen molar-refractivity contribution in [1.29, 1.82) is 0 Å². The Morgan fingerprint density at radius 3 is 2.53 bits per heavy atom. The maximum absolute atomic E-state index is 14.4. The van der Waals surface area contributed by atoms with Crippen LogP contribution in [0.15, 0.2) is 53.6 Å². The monoisotopic (exact) mass is 484 g/mol. The molecule has 1 N–H and O–H groups in total. The first-order valence-corrected chi connectivity index (χ1v) is 13.6. The van der Waals surface area contributed by atoms with E-state index in [0.29, 0.717) is 17.9 Å². The number of hydrogen-bond acceptors (Lipinski definition) is 5. The summed E-state index contributed by atoms with van der Waals surface area (Å²) in [5.74, 6) is 0.0571. The molecule has 2 heterocycles. The molecule has 1 amide bonds. The van der Waals surface area contributed by atoms with Crippen molar-refractivity contribution in [2.45, 2.75) is 42.5 Å². The summed E-state index contributed by atoms with van der Waals surface area (Å²) in [5.41, 5.74) is 0.698. The SMILES string of the molecule is CN1C=C(c2cc(S(C)(=O)=O)ccc2Oc2ccccc2F)C2CCNC2(C2CCCC2)C1=O. The maximum Gasteiger partial charge on any atom is 0.247 e. The molecule has 2 fully saturated rings. The van der Waals surface area contributed by atoms with Gasteiger partial charge in [-0.2, -0.15) is 0 Å². The van der Waals surface area contributed by atoms with Crippen LogP contribution in [0.4, 0.5) is 4.39 Å². The highest BCUT2D eigenvalue weighted by atomic mass is 32.2. The molecule has 2 unspecified atom stereocenters. The van der Waals surface area contributed by atoms with Crippen LogP contribution in [0, 0.1) is 17.7 Å². The molecule has 1 saturated carbocycles. The van der Waals surface area contributed by atoms with Crippen molar-refractivity contribution in [2.24, 2.45) is 11.8 Å². The zero-order valence-electron chi connectivity index (χ0n) is 19.4. The maximum atomic E-state index is 14.4. The topological polar surface area (TPSA) is 75.7 Å². The first-order valence-electron chi connectivity index (χ1n) is 11.7. The normalized spacial score (nSPS) is 25.4. The van der Waals surface area contributed by atoms with Gasteiger partial charge in [0.05, 0.1) is 4.90 Å². The smallest absolute Gasteiger partial charge is 0.247 e. The second-order valence-electron chi connectivity index (χ2n) is 9.58. The van der Waals surface area contributed by atoms with E-state index in [1.807, 2.05) is 0 Å². The molecule has 2 aliphatic heterocycles. The number of fused-ring (bicyclic) bond motifs is 1. The van der Waals surface area contributed by atoms with Crippen molar-refractivity contribution in [1.82, 2.24) is 10.2 Å². The van der Waals surface area contributed by atoms with E-state index in [0.717, 1.165) is 43.9 Å². The van der Waals surface area contributed by atoms with Gasteiger partial charge in [-0.05, 0) is 67.6 Å². The Balaban J connectivity index is 1.67. The summed E-state index contributed by atoms with van der Waals surface area (Å²) in [6, 6.07) is 10.8. The van der Waals surface area contributed by atoms with E-state index in [-0.39, 0.29) is 28.4 Å². The van der Waals surface area contributed by atoms with Gasteiger partial charge in [-0.1, -0.05) is 25.0 Å². The molecule has 5 rings (SSSR count). The molecule has 2 aromatic carbocycles. The van der Waals surface area contributed by atoms with Crippen molar-refractivity contribution in [3.8, 4) is 11.5 Å². The highest BCUT2D eigenvalue weighted by Gasteiger charge is 2.58. The van der Waals surface area contributed by atoms with Crippen LogP contribution >= 0.6 is 0 Å². The van der Waals surface area contributed by atoms with Crippen LogP contribution in [0.25, 0.3) is 5.57 Å². The van der Waals surface area contributed by atoms with Gasteiger partial charge >= 0.3 is 0 Å². The number of likely N-dealkylation sites (N-methyl/N-ethyl adjacent to an activating group) is 1. The minimum Gasteiger partial charge on any atom is -0.454 e. The van der Waals surface area contributed by atoms with Gasteiger partial charge in [-0.3, -0.25) is 4.79 Å². The van der Waals surface area contributed by atoms with Crippen LogP contribution in [-0.4, -0.2) is 44.6 Å². The number of sulfone groups is 1. The fraction of sp³-hybridized carbons (Fsp3) is 0.423. The van der Waals surface area contributed by atoms with E-state index in [1.165, 1.54) is 18.2 Å². The Morgan fingerprint density at radius 2 is 1.82 bits per heavy atom. The van der Waals surface area contributed by atoms with Gasteiger partial charge in [0.2, 0.25) is 5.91 Å². The Labute approximate surface area is 199 Å². The molecule has 0 spiro atoms. The van der Waals surface area contributed by atoms with E-state index < -0.39 is 21.2 Å². The van der Waals surface area contributed by atoms with Crippen molar-refractivity contribution < 1.29 is 22.3 Å². The fourth-order valence-corrected chi connectivity index (χ4v) is 6.64. The Bertz CT molecular complexity index is 1270. The Morgan fingerprint density at radius 1 is 1.09 bits per heavy atom. The number of para-hydroxylation sites is 1. The van der Waals surface area contributed by atoms with Crippen LogP contribution in [0.3, 0.4) is 0 Å². The summed E-state index contributed by atoms with van der Waals surface area (Å²) in [4.78, 5) is 15.3. The van der Waals surface area contributed by atoms with Gasteiger partial charge in [-0.15, -0.1) is 0 Å². The van der Waals surface area contributed by atoms with E-state index in [2.05, 4.69) is 5.32 Å². The summed E-state index contributed by atoms with van der Waals surface area (Å²) in [6.07, 6.45) is 7.88. The predicted molar refractivity (Wildman–Crippen MR) is 128 cm³/mol. The van der Waals surface area contributed by atoms with Gasteiger partial charge in [0.25, 0.3) is 0 Å². The summed E-state index contributed by atoms with van der Waals surface area (Å²) < 4.78 is 45.2. The molecule has 6 nitrogen and oxygen atoms in total. The second kappa shape index (κ2) is 8.50. The van der Waals surface area contributed by atoms with E-state index in [9.17, 15) is 17.6 Å². The third kappa shape index (κ3) is 3.73. The first-order chi connectivity index (χ1) is 16.2. The highest BCUT2D eigenvalue weighted by Crippen LogP contribution is 2.52. The molecular weight excluding hydrogens is 455 g/mol. The number of rotatable bonds is 5. The van der Waals surface area contributed by atoms with Crippen LogP contribution < -0.4 is 10.1 Å². The first kappa shape index (κ1) is 23.1. The van der Waals surface area contributed by atoms with Gasteiger partial charge in [-0.25, -0.2) is 12.8 Å². The summed E-state index contributed by atoms with van der Waals surface area (Å²) in [6.45, 7) is 0.702. The van der Waals surface area contributed by atoms with Gasteiger partial charge in [0.1, 0.15) is 11.3 Å². The number of nitrogens with one attached hydrogen (secondary N) is 1. The highest BCUT2D eigenvalue weighted by molar-refractivity contribution is 7.90. The lowest BCUT2D eigenvalue weighted by Gasteiger charge is -2.45. The number of carbonyl (C=O) groups is 1. The molecule has 2 aromatic rings. The van der Waals surface area contributed by atoms with E-state index in [4.69, 9.17) is 4.74 Å². The fourth-order valence-electron chi connectivity index (χ4n) is 5.99. The van der Waals surface area contributed by atoms with Gasteiger partial charge < -0.3 is 15.0 Å². The van der Waals surface area contributed by atoms with Crippen molar-refractivity contribution >= 4 is 21.3 Å². The second-order valence-corrected chi connectivity index (χ2v) is 11.6. The number of hydrogen-bond donors (Lipinski definition) is 1. The average Bonchev–Trinajstić information content (AvgIpc) is 3.48. The number of benzene rings is 2. The Hall–Kier alpha value is -2.71. The number of halogens is 1. The van der Waals surface area contributed by atoms with Crippen molar-refractivity contribution in [2.75, 3.05) is 19.8 Å². The zero-order chi connectivity index (χ0) is 24.1. The molecule has 0 radical (unpaired) electrons. The molecule has 1 saturated heterocycles. The van der Waals surface area contributed by atoms with Crippen molar-refractivity contribution in [3.63, 3.8) is 0 Å². The largest absolute Gasteiger partial charge is 0.454 e. The molecule has 0 bridgehead atoms. The summed E-state index contributed by atoms with van der Waals surface area (Å²) in [7, 11) is -1.75. The number of nitrogens with zero attached hydrogens (tertiary/aromatic N) is 1. The number of carbonyl (C=O) groups excluding carboxylic acids is 1. The standard InChI is InChI=1S/C26H29FN2O4S/c1-29-16-20(21-13-14-28-26(21,25(29)30)17-7-3-4-8-17)19-15-18(34(2,31)32)11-12-23(19)33-24-10-6-5-9-22(24)27/h5-6,9-12,15-17,21,28H,3-4,7-8,13-14H2,1-2H3. The molecule has 1 aliphatic carbocycles. The van der Waals surface area contributed by atoms with Crippen LogP contribution in [0.1, 0.15) is 37.7 Å². The lowest BCUT2D eigenvalue weighted by atomic mass is 9.67. The van der Waals surface area contributed by atoms with Gasteiger partial charge in [0.15, 0.2) is 21.4 Å². The molecule has 0 aromatic heterocycles. The number of amides is 1. The number of ether oxygens (including phenoxy) is 1. The van der Waals surface area contributed by atoms with E-state index in [1.54, 1.807) is 42.4 Å². The average molecular weight is 485 g/mol. The third-order valence-electron chi connectivity index (χ3n) is 7.53. The Kier molecular flexibility index (Phi) is 5.76. The molecule has 34 heavy (non-hydrogen) atoms.